The van der Waals surface area contributed by atoms with Crippen molar-refractivity contribution in [2.45, 2.75) is 0 Å². The summed E-state index contributed by atoms with van der Waals surface area (Å²) in [5.41, 5.74) is 1.92. The quantitative estimate of drug-likeness (QED) is 0.925. The fraction of sp³-hybridized carbons (Fsp3) is 0.316. The van der Waals surface area contributed by atoms with Crippen LogP contribution in [0.4, 0.5) is 16.2 Å². The first-order valence-corrected chi connectivity index (χ1v) is 8.28. The highest BCUT2D eigenvalue weighted by molar-refractivity contribution is 5.89. The molecule has 6 heteroatoms. The maximum Gasteiger partial charge on any atom is 0.321 e. The van der Waals surface area contributed by atoms with E-state index in [4.69, 9.17) is 9.47 Å². The minimum absolute atomic E-state index is 0. The van der Waals surface area contributed by atoms with Crippen molar-refractivity contribution in [2.75, 3.05) is 50.6 Å². The van der Waals surface area contributed by atoms with Gasteiger partial charge in [0.05, 0.1) is 14.2 Å². The number of carbonyl (C=O) groups is 1. The molecule has 0 bridgehead atoms. The Morgan fingerprint density at radius 3 is 1.92 bits per heavy atom. The van der Waals surface area contributed by atoms with Gasteiger partial charge in [-0.15, -0.1) is 0 Å². The number of piperazine rings is 1. The highest BCUT2D eigenvalue weighted by atomic mass is 16.5. The smallest absolute Gasteiger partial charge is 0.321 e. The van der Waals surface area contributed by atoms with Crippen LogP contribution in [0.15, 0.2) is 48.5 Å². The Morgan fingerprint density at radius 2 is 1.40 bits per heavy atom. The number of methoxy groups -OCH3 is 2. The van der Waals surface area contributed by atoms with Crippen LogP contribution in [-0.4, -0.2) is 51.3 Å². The van der Waals surface area contributed by atoms with E-state index in [-0.39, 0.29) is 7.46 Å². The van der Waals surface area contributed by atoms with Gasteiger partial charge < -0.3 is 24.6 Å². The fourth-order valence-corrected chi connectivity index (χ4v) is 2.84. The van der Waals surface area contributed by atoms with Gasteiger partial charge in [0.2, 0.25) is 0 Å². The van der Waals surface area contributed by atoms with Gasteiger partial charge in [0, 0.05) is 39.0 Å². The van der Waals surface area contributed by atoms with E-state index in [0.29, 0.717) is 13.1 Å². The number of ether oxygens (including phenoxy) is 2. The van der Waals surface area contributed by atoms with Crippen LogP contribution in [0, 0.1) is 0 Å². The molecule has 1 saturated heterocycles. The molecule has 2 aromatic rings. The Hall–Kier alpha value is -2.89. The zero-order chi connectivity index (χ0) is 17.6. The lowest BCUT2D eigenvalue weighted by Gasteiger charge is -2.36. The highest BCUT2D eigenvalue weighted by Crippen LogP contribution is 2.21. The van der Waals surface area contributed by atoms with Crippen molar-refractivity contribution in [2.24, 2.45) is 0 Å². The summed E-state index contributed by atoms with van der Waals surface area (Å²) in [5.74, 6) is 1.62. The van der Waals surface area contributed by atoms with Crippen molar-refractivity contribution in [3.63, 3.8) is 0 Å². The molecule has 0 atom stereocenters. The molecule has 1 heterocycles. The van der Waals surface area contributed by atoms with E-state index >= 15 is 0 Å². The molecule has 0 saturated carbocycles. The first-order valence-electron chi connectivity index (χ1n) is 8.28. The summed E-state index contributed by atoms with van der Waals surface area (Å²) in [6, 6.07) is 15.3. The lowest BCUT2D eigenvalue weighted by molar-refractivity contribution is 0.208. The van der Waals surface area contributed by atoms with Gasteiger partial charge in [-0.3, -0.25) is 0 Å². The van der Waals surface area contributed by atoms with Crippen LogP contribution in [-0.2, 0) is 0 Å². The normalized spacial score (nSPS) is 14.2. The Kier molecular flexibility index (Phi) is 5.28. The fourth-order valence-electron chi connectivity index (χ4n) is 2.84. The first-order chi connectivity index (χ1) is 12.2. The second kappa shape index (κ2) is 7.79. The second-order valence-corrected chi connectivity index (χ2v) is 5.83. The highest BCUT2D eigenvalue weighted by Gasteiger charge is 2.21. The maximum absolute atomic E-state index is 12.4. The summed E-state index contributed by atoms with van der Waals surface area (Å²) in [6.45, 7) is 2.99. The van der Waals surface area contributed by atoms with Gasteiger partial charge in [-0.25, -0.2) is 4.79 Å². The van der Waals surface area contributed by atoms with Crippen molar-refractivity contribution in [3.8, 4) is 11.5 Å². The summed E-state index contributed by atoms with van der Waals surface area (Å²) in [6.07, 6.45) is 0. The van der Waals surface area contributed by atoms with E-state index in [1.807, 2.05) is 53.4 Å². The van der Waals surface area contributed by atoms with E-state index in [1.54, 1.807) is 14.2 Å². The van der Waals surface area contributed by atoms with Gasteiger partial charge >= 0.3 is 6.03 Å². The van der Waals surface area contributed by atoms with Gasteiger partial charge in [-0.2, -0.15) is 0 Å². The van der Waals surface area contributed by atoms with Crippen LogP contribution in [0.25, 0.3) is 0 Å². The van der Waals surface area contributed by atoms with Crippen molar-refractivity contribution < 1.29 is 15.7 Å². The van der Waals surface area contributed by atoms with Gasteiger partial charge in [0.1, 0.15) is 11.5 Å². The molecule has 3 rings (SSSR count). The predicted molar refractivity (Wildman–Crippen MR) is 101 cm³/mol. The second-order valence-electron chi connectivity index (χ2n) is 5.83. The molecule has 0 unspecified atom stereocenters. The molecule has 0 aliphatic carbocycles. The summed E-state index contributed by atoms with van der Waals surface area (Å²) < 4.78 is 10.3. The number of amides is 2. The van der Waals surface area contributed by atoms with Crippen LogP contribution < -0.4 is 19.7 Å². The number of benzene rings is 2. The van der Waals surface area contributed by atoms with Crippen LogP contribution >= 0.6 is 0 Å². The SMILES string of the molecule is COc1ccc(NC(=O)N2CCN(c3ccc(OC)cc3)CC2)cc1.[HH]. The third-order valence-corrected chi connectivity index (χ3v) is 4.35. The van der Waals surface area contributed by atoms with E-state index in [2.05, 4.69) is 10.2 Å². The Bertz CT molecular complexity index is 699. The van der Waals surface area contributed by atoms with Gasteiger partial charge in [0.25, 0.3) is 0 Å². The molecule has 2 amide bonds. The molecule has 1 fully saturated rings. The largest absolute Gasteiger partial charge is 0.497 e. The minimum Gasteiger partial charge on any atom is -0.497 e. The zero-order valence-electron chi connectivity index (χ0n) is 14.6. The molecule has 6 nitrogen and oxygen atoms in total. The molecule has 2 aromatic carbocycles. The summed E-state index contributed by atoms with van der Waals surface area (Å²) in [7, 11) is 3.28. The number of hydrogen-bond acceptors (Lipinski definition) is 4. The topological polar surface area (TPSA) is 54.0 Å². The maximum atomic E-state index is 12.4. The first kappa shape index (κ1) is 17.0. The third kappa shape index (κ3) is 4.15. The molecule has 0 radical (unpaired) electrons. The number of rotatable bonds is 4. The minimum atomic E-state index is -0.0699. The Morgan fingerprint density at radius 1 is 0.880 bits per heavy atom. The number of nitrogens with one attached hydrogen (secondary N) is 1. The predicted octanol–water partition coefficient (Wildman–Crippen LogP) is 3.30. The molecule has 0 aromatic heterocycles. The van der Waals surface area contributed by atoms with E-state index in [1.165, 1.54) is 0 Å². The summed E-state index contributed by atoms with van der Waals surface area (Å²) in [5, 5.41) is 2.93. The summed E-state index contributed by atoms with van der Waals surface area (Å²) >= 11 is 0. The zero-order valence-corrected chi connectivity index (χ0v) is 14.6. The molecule has 1 aliphatic rings. The van der Waals surface area contributed by atoms with E-state index < -0.39 is 0 Å². The van der Waals surface area contributed by atoms with Gasteiger partial charge in [0.15, 0.2) is 0 Å². The number of nitrogens with zero attached hydrogens (tertiary/aromatic N) is 2. The Balaban J connectivity index is 0.00000243. The molecule has 134 valence electrons. The number of anilines is 2. The number of urea groups is 1. The van der Waals surface area contributed by atoms with Crippen LogP contribution in [0.5, 0.6) is 11.5 Å². The number of carbonyl (C=O) groups excluding carboxylic acids is 1. The van der Waals surface area contributed by atoms with Crippen LogP contribution in [0.2, 0.25) is 0 Å². The van der Waals surface area contributed by atoms with Crippen molar-refractivity contribution >= 4 is 17.4 Å². The average Bonchev–Trinajstić information content (AvgIpc) is 2.69. The Labute approximate surface area is 149 Å². The van der Waals surface area contributed by atoms with Gasteiger partial charge in [-0.1, -0.05) is 0 Å². The van der Waals surface area contributed by atoms with E-state index in [9.17, 15) is 4.79 Å². The molecule has 0 spiro atoms. The van der Waals surface area contributed by atoms with Crippen molar-refractivity contribution in [1.29, 1.82) is 0 Å². The number of hydrogen-bond donors (Lipinski definition) is 1. The molecule has 25 heavy (non-hydrogen) atoms. The lowest BCUT2D eigenvalue weighted by Crippen LogP contribution is -2.50. The summed E-state index contributed by atoms with van der Waals surface area (Å²) in [4.78, 5) is 16.5. The lowest BCUT2D eigenvalue weighted by atomic mass is 10.2. The van der Waals surface area contributed by atoms with Crippen LogP contribution in [0.1, 0.15) is 1.43 Å². The van der Waals surface area contributed by atoms with Crippen molar-refractivity contribution in [3.05, 3.63) is 48.5 Å². The third-order valence-electron chi connectivity index (χ3n) is 4.35. The monoisotopic (exact) mass is 343 g/mol. The molecule has 1 aliphatic heterocycles. The van der Waals surface area contributed by atoms with E-state index in [0.717, 1.165) is 36.0 Å². The molecular weight excluding hydrogens is 318 g/mol. The van der Waals surface area contributed by atoms with Crippen LogP contribution in [0.3, 0.4) is 0 Å². The average molecular weight is 343 g/mol. The molecule has 1 N–H and O–H groups in total. The van der Waals surface area contributed by atoms with Gasteiger partial charge in [-0.05, 0) is 48.5 Å². The van der Waals surface area contributed by atoms with Crippen molar-refractivity contribution in [1.82, 2.24) is 4.90 Å². The standard InChI is InChI=1S/C19H23N3O3.H2/c1-24-17-7-3-15(4-8-17)20-19(23)22-13-11-21(12-14-22)16-5-9-18(25-2)10-6-16;/h3-10H,11-14H2,1-2H3,(H,20,23);1H. The molecular formula is C19H25N3O3.